The molecule has 0 amide bonds. The third kappa shape index (κ3) is 9.75. The molecule has 0 aliphatic carbocycles. The van der Waals surface area contributed by atoms with Crippen molar-refractivity contribution < 1.29 is 28.9 Å². The van der Waals surface area contributed by atoms with Crippen LogP contribution in [-0.2, 0) is 41.8 Å². The zero-order chi connectivity index (χ0) is 59.4. The van der Waals surface area contributed by atoms with Crippen LogP contribution in [-0.4, -0.2) is 16.7 Å². The van der Waals surface area contributed by atoms with E-state index in [0.717, 1.165) is 61.1 Å². The summed E-state index contributed by atoms with van der Waals surface area (Å²) in [5, 5.41) is 2.15. The van der Waals surface area contributed by atoms with Crippen molar-refractivity contribution in [3.8, 4) is 33.6 Å². The Morgan fingerprint density at radius 3 is 1.62 bits per heavy atom. The van der Waals surface area contributed by atoms with Crippen LogP contribution in [0, 0.1) is 31.8 Å². The first-order chi connectivity index (χ1) is 40.4. The number of rotatable bonds is 3. The van der Waals surface area contributed by atoms with Crippen LogP contribution in [0.1, 0.15) is 116 Å². The van der Waals surface area contributed by atoms with E-state index in [2.05, 4.69) is 212 Å². The van der Waals surface area contributed by atoms with Gasteiger partial charge in [0.1, 0.15) is 5.58 Å². The molecule has 0 bridgehead atoms. The van der Waals surface area contributed by atoms with Crippen molar-refractivity contribution in [3.63, 3.8) is 0 Å². The first kappa shape index (κ1) is 57.9. The topological polar surface area (TPSA) is 45.4 Å². The molecule has 11 aromatic rings. The predicted molar refractivity (Wildman–Crippen MR) is 356 cm³/mol. The minimum atomic E-state index is -0.275. The molecule has 0 N–H and O–H groups in total. The average molecular weight is 1340 g/mol. The predicted octanol–water partition coefficient (Wildman–Crippen LogP) is 19.6. The van der Waals surface area contributed by atoms with E-state index in [4.69, 9.17) is 4.42 Å². The fraction of sp³-hybridized carbons (Fsp3) is 0.237. The SMILES string of the molecule is CC(C)(C)c1ccc2c(c1)Sc1cc(C(C)(C)C)cc3c1N2c1cc(-c2ccc4c(c2)oc2c(-c5ccccn5)[c-]ccc24)cc2c1B3c1cc(C(C)(C)C)cc3c1N2c1ccc(C(C)(C)C)cc1S3.Cc1cnc(-c2[c-]cc(F)cc2)cc1C.[Ir]. The molecule has 7 heterocycles. The molecule has 8 aromatic carbocycles. The molecule has 10 heteroatoms. The molecule has 0 fully saturated rings. The smallest absolute Gasteiger partial charge is 0.252 e. The molecule has 86 heavy (non-hydrogen) atoms. The van der Waals surface area contributed by atoms with Crippen LogP contribution < -0.4 is 26.2 Å². The largest absolute Gasteiger partial charge is 0.501 e. The number of aryl methyl sites for hydroxylation is 2. The first-order valence-electron chi connectivity index (χ1n) is 29.6. The minimum Gasteiger partial charge on any atom is -0.501 e. The number of nitrogens with zero attached hydrogens (tertiary/aromatic N) is 4. The summed E-state index contributed by atoms with van der Waals surface area (Å²) in [5.41, 5.74) is 26.6. The van der Waals surface area contributed by atoms with E-state index in [1.165, 1.54) is 110 Å². The van der Waals surface area contributed by atoms with Crippen LogP contribution >= 0.6 is 23.5 Å². The number of halogens is 1. The normalized spacial score (nSPS) is 13.7. The molecule has 0 saturated heterocycles. The fourth-order valence-corrected chi connectivity index (χ4v) is 14.9. The summed E-state index contributed by atoms with van der Waals surface area (Å²) in [6.07, 6.45) is 3.65. The molecule has 0 atom stereocenters. The van der Waals surface area contributed by atoms with E-state index in [9.17, 15) is 4.39 Å². The van der Waals surface area contributed by atoms with Gasteiger partial charge in [-0.3, -0.25) is 4.39 Å². The maximum atomic E-state index is 12.7. The van der Waals surface area contributed by atoms with Crippen LogP contribution in [0.15, 0.2) is 182 Å². The van der Waals surface area contributed by atoms with Gasteiger partial charge in [0.25, 0.3) is 6.71 Å². The van der Waals surface area contributed by atoms with Gasteiger partial charge in [-0.2, -0.15) is 0 Å². The molecule has 5 nitrogen and oxygen atoms in total. The van der Waals surface area contributed by atoms with Crippen molar-refractivity contribution >= 4 is 103 Å². The van der Waals surface area contributed by atoms with E-state index < -0.39 is 0 Å². The van der Waals surface area contributed by atoms with Gasteiger partial charge in [0.05, 0.1) is 28.3 Å². The Hall–Kier alpha value is -7.20. The summed E-state index contributed by atoms with van der Waals surface area (Å²) in [6.45, 7) is 32.2. The van der Waals surface area contributed by atoms with E-state index in [-0.39, 0.29) is 54.3 Å². The summed E-state index contributed by atoms with van der Waals surface area (Å²) in [4.78, 5) is 19.5. The standard InChI is InChI=1S/C63H57BN3OS2.C13H11FN.Ir/c1-60(2,3)37-20-23-47-52(31-37)69-54-33-39(62(7,8)9)29-44-57(54)66(47)49-26-36(35-19-22-41-42-16-15-17-43(46-18-13-14-25-65-46)59(42)68-51(41)28-35)27-50-56(49)64(44)45-30-40(63(10,11)12)34-55-58(45)67(50)48-24-21-38(61(4,5)6)32-53(48)70-55;1-9-7-13(15-8-10(9)2)11-3-5-12(14)6-4-11;/h13-16,18-34H,1-12H3;3,5-8H,1-2H3;/q2*-1;. The number of anilines is 6. The molecule has 431 valence electrons. The van der Waals surface area contributed by atoms with Crippen LogP contribution in [0.5, 0.6) is 0 Å². The van der Waals surface area contributed by atoms with Crippen molar-refractivity contribution in [3.05, 3.63) is 209 Å². The van der Waals surface area contributed by atoms with E-state index in [0.29, 0.717) is 0 Å². The molecular formula is C76H68BFIrN4OS2-2. The van der Waals surface area contributed by atoms with E-state index in [1.807, 2.05) is 80.1 Å². The van der Waals surface area contributed by atoms with Gasteiger partial charge in [-0.05, 0) is 163 Å². The Kier molecular flexibility index (Phi) is 13.9. The molecule has 3 aromatic heterocycles. The number of fused-ring (bicyclic) bond motifs is 11. The van der Waals surface area contributed by atoms with E-state index >= 15 is 0 Å². The zero-order valence-electron chi connectivity index (χ0n) is 51.3. The molecule has 4 aliphatic heterocycles. The monoisotopic (exact) mass is 1340 g/mol. The molecule has 4 aliphatic rings. The number of pyridine rings is 2. The number of aromatic nitrogens is 2. The minimum absolute atomic E-state index is 0. The van der Waals surface area contributed by atoms with Gasteiger partial charge < -0.3 is 24.2 Å². The summed E-state index contributed by atoms with van der Waals surface area (Å²) in [5.74, 6) is -0.275. The molecular weight excluding hydrogens is 1270 g/mol. The molecule has 0 unspecified atom stereocenters. The molecule has 0 spiro atoms. The second kappa shape index (κ2) is 20.7. The number of benzene rings is 8. The maximum absolute atomic E-state index is 12.7. The van der Waals surface area contributed by atoms with E-state index in [1.54, 1.807) is 6.07 Å². The van der Waals surface area contributed by atoms with Gasteiger partial charge in [0.2, 0.25) is 0 Å². The number of furan rings is 1. The van der Waals surface area contributed by atoms with Crippen molar-refractivity contribution in [2.75, 3.05) is 9.80 Å². The summed E-state index contributed by atoms with van der Waals surface area (Å²) in [6, 6.07) is 59.2. The fourth-order valence-electron chi connectivity index (χ4n) is 12.6. The zero-order valence-corrected chi connectivity index (χ0v) is 55.3. The summed E-state index contributed by atoms with van der Waals surface area (Å²) in [7, 11) is 0. The molecule has 15 rings (SSSR count). The Balaban J connectivity index is 0.000000375. The van der Waals surface area contributed by atoms with Crippen LogP contribution in [0.3, 0.4) is 0 Å². The van der Waals surface area contributed by atoms with Gasteiger partial charge in [0, 0.05) is 74.7 Å². The number of hydrogen-bond acceptors (Lipinski definition) is 7. The average Bonchev–Trinajstić information content (AvgIpc) is 0.792. The van der Waals surface area contributed by atoms with Crippen LogP contribution in [0.2, 0.25) is 0 Å². The van der Waals surface area contributed by atoms with Gasteiger partial charge in [-0.15, -0.1) is 48.0 Å². The third-order valence-corrected chi connectivity index (χ3v) is 19.8. The molecule has 1 radical (unpaired) electrons. The Morgan fingerprint density at radius 2 is 1.09 bits per heavy atom. The van der Waals surface area contributed by atoms with Crippen molar-refractivity contribution in [1.29, 1.82) is 0 Å². The summed E-state index contributed by atoms with van der Waals surface area (Å²) < 4.78 is 19.6. The number of hydrogen-bond donors (Lipinski definition) is 0. The van der Waals surface area contributed by atoms with Gasteiger partial charge >= 0.3 is 0 Å². The first-order valence-corrected chi connectivity index (χ1v) is 31.2. The van der Waals surface area contributed by atoms with Gasteiger partial charge in [-0.1, -0.05) is 178 Å². The second-order valence-electron chi connectivity index (χ2n) is 27.6. The third-order valence-electron chi connectivity index (χ3n) is 17.6. The van der Waals surface area contributed by atoms with Gasteiger partial charge in [-0.25, -0.2) is 0 Å². The Morgan fingerprint density at radius 1 is 0.512 bits per heavy atom. The van der Waals surface area contributed by atoms with Crippen molar-refractivity contribution in [1.82, 2.24) is 9.97 Å². The second-order valence-corrected chi connectivity index (χ2v) is 29.8. The van der Waals surface area contributed by atoms with Crippen molar-refractivity contribution in [2.24, 2.45) is 0 Å². The molecule has 0 saturated carbocycles. The quantitative estimate of drug-likeness (QED) is 0.129. The maximum Gasteiger partial charge on any atom is 0.252 e. The van der Waals surface area contributed by atoms with Gasteiger partial charge in [0.15, 0.2) is 0 Å². The van der Waals surface area contributed by atoms with Crippen LogP contribution in [0.4, 0.5) is 38.5 Å². The summed E-state index contributed by atoms with van der Waals surface area (Å²) >= 11 is 3.90. The van der Waals surface area contributed by atoms with Crippen molar-refractivity contribution in [2.45, 2.75) is 138 Å². The van der Waals surface area contributed by atoms with Crippen LogP contribution in [0.25, 0.3) is 55.6 Å². The Bertz CT molecular complexity index is 4420. The Labute approximate surface area is 528 Å².